The first kappa shape index (κ1) is 23.6. The molecule has 0 saturated carbocycles. The molecule has 0 aliphatic carbocycles. The number of likely N-dealkylation sites (tertiary alicyclic amines) is 1. The Morgan fingerprint density at radius 3 is 2.71 bits per heavy atom. The molecule has 3 heterocycles. The normalized spacial score (nSPS) is 14.2. The zero-order chi connectivity index (χ0) is 23.9. The first-order chi connectivity index (χ1) is 16.6. The van der Waals surface area contributed by atoms with Gasteiger partial charge >= 0.3 is 0 Å². The quantitative estimate of drug-likeness (QED) is 0.466. The van der Waals surface area contributed by atoms with Crippen molar-refractivity contribution in [2.24, 2.45) is 5.92 Å². The summed E-state index contributed by atoms with van der Waals surface area (Å²) in [7, 11) is 3.13. The summed E-state index contributed by atoms with van der Waals surface area (Å²) in [5, 5.41) is 3.93. The number of nitrogens with zero attached hydrogens (tertiary/aromatic N) is 2. The van der Waals surface area contributed by atoms with Crippen molar-refractivity contribution in [3.63, 3.8) is 0 Å². The zero-order valence-corrected chi connectivity index (χ0v) is 19.8. The highest BCUT2D eigenvalue weighted by Crippen LogP contribution is 2.32. The number of rotatable bonds is 9. The molecule has 0 spiro atoms. The van der Waals surface area contributed by atoms with Gasteiger partial charge in [0, 0.05) is 42.9 Å². The van der Waals surface area contributed by atoms with Crippen LogP contribution in [-0.2, 0) is 0 Å². The van der Waals surface area contributed by atoms with Gasteiger partial charge in [-0.1, -0.05) is 18.9 Å². The predicted octanol–water partition coefficient (Wildman–Crippen LogP) is 4.03. The van der Waals surface area contributed by atoms with E-state index < -0.39 is 0 Å². The maximum atomic E-state index is 13.0. The molecule has 1 aliphatic rings. The van der Waals surface area contributed by atoms with E-state index in [1.54, 1.807) is 38.7 Å². The summed E-state index contributed by atoms with van der Waals surface area (Å²) >= 11 is 0. The first-order valence-corrected chi connectivity index (χ1v) is 11.8. The number of hydrogen-bond acceptors (Lipinski definition) is 5. The number of aromatic nitrogens is 2. The molecule has 4 rings (SSSR count). The molecule has 0 radical (unpaired) electrons. The molecule has 1 aromatic carbocycles. The summed E-state index contributed by atoms with van der Waals surface area (Å²) in [5.74, 6) is 1.56. The topological polar surface area (TPSA) is 96.5 Å². The third-order valence-electron chi connectivity index (χ3n) is 6.53. The van der Waals surface area contributed by atoms with E-state index >= 15 is 0 Å². The van der Waals surface area contributed by atoms with Crippen LogP contribution in [-0.4, -0.2) is 60.5 Å². The van der Waals surface area contributed by atoms with Crippen molar-refractivity contribution in [3.8, 4) is 11.5 Å². The first-order valence-electron chi connectivity index (χ1n) is 11.8. The zero-order valence-electron chi connectivity index (χ0n) is 19.8. The number of piperidine rings is 1. The van der Waals surface area contributed by atoms with Gasteiger partial charge in [-0.3, -0.25) is 14.6 Å². The molecule has 1 aliphatic heterocycles. The minimum Gasteiger partial charge on any atom is -0.493 e. The Bertz CT molecular complexity index is 1100. The van der Waals surface area contributed by atoms with E-state index in [0.29, 0.717) is 35.2 Å². The largest absolute Gasteiger partial charge is 0.493 e. The fourth-order valence-electron chi connectivity index (χ4n) is 4.60. The molecule has 2 aromatic heterocycles. The summed E-state index contributed by atoms with van der Waals surface area (Å²) in [6, 6.07) is 9.08. The lowest BCUT2D eigenvalue weighted by Crippen LogP contribution is -2.38. The number of H-pyrrole nitrogens is 1. The van der Waals surface area contributed by atoms with Gasteiger partial charge in [0.2, 0.25) is 0 Å². The lowest BCUT2D eigenvalue weighted by molar-refractivity contribution is 0.0681. The van der Waals surface area contributed by atoms with Crippen LogP contribution in [0.4, 0.5) is 0 Å². The predicted molar refractivity (Wildman–Crippen MR) is 130 cm³/mol. The van der Waals surface area contributed by atoms with Crippen molar-refractivity contribution >= 4 is 22.7 Å². The van der Waals surface area contributed by atoms with Crippen LogP contribution in [0.25, 0.3) is 10.9 Å². The molecule has 180 valence electrons. The molecule has 2 N–H and O–H groups in total. The van der Waals surface area contributed by atoms with E-state index in [0.717, 1.165) is 56.1 Å². The molecular formula is C26H32N4O4. The Morgan fingerprint density at radius 2 is 1.97 bits per heavy atom. The van der Waals surface area contributed by atoms with Crippen molar-refractivity contribution in [1.29, 1.82) is 0 Å². The number of methoxy groups -OCH3 is 2. The van der Waals surface area contributed by atoms with Crippen molar-refractivity contribution in [3.05, 3.63) is 54.0 Å². The van der Waals surface area contributed by atoms with Gasteiger partial charge in [0.1, 0.15) is 5.69 Å². The number of hydrogen-bond donors (Lipinski definition) is 2. The third kappa shape index (κ3) is 5.32. The summed E-state index contributed by atoms with van der Waals surface area (Å²) in [5.41, 5.74) is 2.02. The van der Waals surface area contributed by atoms with Crippen LogP contribution in [0.3, 0.4) is 0 Å². The van der Waals surface area contributed by atoms with Crippen LogP contribution in [0, 0.1) is 5.92 Å². The second kappa shape index (κ2) is 11.0. The van der Waals surface area contributed by atoms with Crippen molar-refractivity contribution < 1.29 is 19.1 Å². The van der Waals surface area contributed by atoms with E-state index in [1.807, 2.05) is 23.1 Å². The lowest BCUT2D eigenvalue weighted by Gasteiger charge is -2.32. The van der Waals surface area contributed by atoms with Gasteiger partial charge in [-0.15, -0.1) is 0 Å². The van der Waals surface area contributed by atoms with Gasteiger partial charge in [0.15, 0.2) is 11.5 Å². The molecule has 1 fully saturated rings. The maximum Gasteiger partial charge on any atom is 0.267 e. The number of benzene rings is 1. The molecule has 0 bridgehead atoms. The molecule has 0 atom stereocenters. The van der Waals surface area contributed by atoms with E-state index in [-0.39, 0.29) is 11.8 Å². The number of carbonyl (C=O) groups excluding carboxylic acids is 2. The number of para-hydroxylation sites is 1. The number of aromatic amines is 1. The van der Waals surface area contributed by atoms with Gasteiger partial charge in [-0.05, 0) is 49.4 Å². The van der Waals surface area contributed by atoms with Crippen molar-refractivity contribution in [2.75, 3.05) is 33.9 Å². The monoisotopic (exact) mass is 464 g/mol. The maximum absolute atomic E-state index is 13.0. The summed E-state index contributed by atoms with van der Waals surface area (Å²) in [6.45, 7) is 2.14. The average molecular weight is 465 g/mol. The minimum atomic E-state index is -0.0870. The smallest absolute Gasteiger partial charge is 0.267 e. The van der Waals surface area contributed by atoms with E-state index in [1.165, 1.54) is 0 Å². The fourth-order valence-corrected chi connectivity index (χ4v) is 4.60. The van der Waals surface area contributed by atoms with Crippen LogP contribution in [0.5, 0.6) is 11.5 Å². The standard InChI is InChI=1S/C26H32N4O4/c1-33-23-8-5-7-20(24(23)34-2)26(32)30-14-10-18(11-15-30)6-3-4-12-28-25(31)22-16-19-17-27-13-9-21(19)29-22/h5,7-9,13,16-18,29H,3-4,6,10-12,14-15H2,1-2H3,(H,28,31). The molecule has 0 unspecified atom stereocenters. The van der Waals surface area contributed by atoms with Crippen molar-refractivity contribution in [1.82, 2.24) is 20.2 Å². The van der Waals surface area contributed by atoms with Crippen molar-refractivity contribution in [2.45, 2.75) is 32.1 Å². The number of fused-ring (bicyclic) bond motifs is 1. The molecule has 1 saturated heterocycles. The lowest BCUT2D eigenvalue weighted by atomic mass is 9.91. The molecule has 34 heavy (non-hydrogen) atoms. The van der Waals surface area contributed by atoms with Crippen LogP contribution < -0.4 is 14.8 Å². The van der Waals surface area contributed by atoms with Gasteiger partial charge in [0.05, 0.1) is 19.8 Å². The number of ether oxygens (including phenoxy) is 2. The van der Waals surface area contributed by atoms with Gasteiger partial charge in [-0.2, -0.15) is 0 Å². The third-order valence-corrected chi connectivity index (χ3v) is 6.53. The Morgan fingerprint density at radius 1 is 1.15 bits per heavy atom. The Labute approximate surface area is 199 Å². The van der Waals surface area contributed by atoms with Gasteiger partial charge in [0.25, 0.3) is 11.8 Å². The van der Waals surface area contributed by atoms with Crippen LogP contribution in [0.15, 0.2) is 42.7 Å². The molecule has 8 heteroatoms. The summed E-state index contributed by atoms with van der Waals surface area (Å²) in [6.07, 6.45) is 8.54. The highest BCUT2D eigenvalue weighted by Gasteiger charge is 2.26. The SMILES string of the molecule is COc1cccc(C(=O)N2CCC(CCCCNC(=O)c3cc4cnccc4[nH]3)CC2)c1OC. The Balaban J connectivity index is 1.17. The molecular weight excluding hydrogens is 432 g/mol. The number of unbranched alkanes of at least 4 members (excludes halogenated alkanes) is 1. The fraction of sp³-hybridized carbons (Fsp3) is 0.423. The Hall–Kier alpha value is -3.55. The second-order valence-corrected chi connectivity index (χ2v) is 8.67. The number of pyridine rings is 1. The second-order valence-electron chi connectivity index (χ2n) is 8.67. The highest BCUT2D eigenvalue weighted by molar-refractivity contribution is 5.98. The van der Waals surface area contributed by atoms with E-state index in [9.17, 15) is 9.59 Å². The van der Waals surface area contributed by atoms with Crippen LogP contribution >= 0.6 is 0 Å². The van der Waals surface area contributed by atoms with Crippen LogP contribution in [0.2, 0.25) is 0 Å². The summed E-state index contributed by atoms with van der Waals surface area (Å²) in [4.78, 5) is 34.5. The minimum absolute atomic E-state index is 0.00956. The van der Waals surface area contributed by atoms with E-state index in [4.69, 9.17) is 9.47 Å². The summed E-state index contributed by atoms with van der Waals surface area (Å²) < 4.78 is 10.8. The van der Waals surface area contributed by atoms with Gasteiger partial charge in [-0.25, -0.2) is 0 Å². The Kier molecular flexibility index (Phi) is 7.67. The number of amides is 2. The van der Waals surface area contributed by atoms with Gasteiger partial charge < -0.3 is 24.7 Å². The van der Waals surface area contributed by atoms with Crippen LogP contribution in [0.1, 0.15) is 53.0 Å². The highest BCUT2D eigenvalue weighted by atomic mass is 16.5. The molecule has 8 nitrogen and oxygen atoms in total. The average Bonchev–Trinajstić information content (AvgIpc) is 3.32. The number of carbonyl (C=O) groups is 2. The molecule has 2 amide bonds. The molecule has 3 aromatic rings. The number of nitrogens with one attached hydrogen (secondary N) is 2. The van der Waals surface area contributed by atoms with E-state index in [2.05, 4.69) is 15.3 Å².